The molecule has 630 valence electrons. The van der Waals surface area contributed by atoms with Gasteiger partial charge in [0.2, 0.25) is 0 Å². The smallest absolute Gasteiger partial charge is 0.462 e. The lowest BCUT2D eigenvalue weighted by atomic mass is 9.99. The molecule has 3 unspecified atom stereocenters. The van der Waals surface area contributed by atoms with Crippen LogP contribution in [0.15, 0.2) is 0 Å². The van der Waals surface area contributed by atoms with Gasteiger partial charge < -0.3 is 33.8 Å². The van der Waals surface area contributed by atoms with E-state index >= 15 is 0 Å². The summed E-state index contributed by atoms with van der Waals surface area (Å²) in [6, 6.07) is 0. The number of unbranched alkanes of at least 4 members (excludes halogenated alkanes) is 55. The molecule has 0 bridgehead atoms. The lowest BCUT2D eigenvalue weighted by Crippen LogP contribution is -2.30. The number of phosphoric ester groups is 2. The van der Waals surface area contributed by atoms with Crippen LogP contribution in [0.1, 0.15) is 465 Å². The number of carbonyl (C=O) groups is 4. The highest BCUT2D eigenvalue weighted by Crippen LogP contribution is 2.45. The van der Waals surface area contributed by atoms with E-state index < -0.39 is 97.5 Å². The van der Waals surface area contributed by atoms with Gasteiger partial charge in [-0.05, 0) is 37.5 Å². The zero-order valence-corrected chi connectivity index (χ0v) is 71.5. The first-order valence-electron chi connectivity index (χ1n) is 45.0. The second kappa shape index (κ2) is 78.3. The number of hydrogen-bond donors (Lipinski definition) is 3. The van der Waals surface area contributed by atoms with Crippen molar-refractivity contribution in [3.8, 4) is 0 Å². The van der Waals surface area contributed by atoms with Crippen LogP contribution >= 0.6 is 15.6 Å². The van der Waals surface area contributed by atoms with E-state index in [0.29, 0.717) is 25.7 Å². The quantitative estimate of drug-likeness (QED) is 0.0222. The molecule has 0 aromatic heterocycles. The van der Waals surface area contributed by atoms with Crippen molar-refractivity contribution in [2.75, 3.05) is 39.6 Å². The molecule has 0 aliphatic heterocycles. The molecule has 0 heterocycles. The van der Waals surface area contributed by atoms with Crippen LogP contribution in [0.4, 0.5) is 0 Å². The number of phosphoric acid groups is 2. The molecular formula is C87H170O17P2. The molecule has 0 fully saturated rings. The van der Waals surface area contributed by atoms with Crippen LogP contribution in [-0.4, -0.2) is 96.7 Å². The third kappa shape index (κ3) is 78.7. The van der Waals surface area contributed by atoms with Crippen molar-refractivity contribution in [3.05, 3.63) is 0 Å². The molecule has 0 radical (unpaired) electrons. The summed E-state index contributed by atoms with van der Waals surface area (Å²) in [5.41, 5.74) is 0. The molecule has 0 aromatic carbocycles. The second-order valence-electron chi connectivity index (χ2n) is 32.0. The van der Waals surface area contributed by atoms with Crippen molar-refractivity contribution in [2.24, 2.45) is 11.8 Å². The number of ether oxygens (including phenoxy) is 4. The van der Waals surface area contributed by atoms with Gasteiger partial charge in [0.1, 0.15) is 19.3 Å². The summed E-state index contributed by atoms with van der Waals surface area (Å²) < 4.78 is 68.9. The van der Waals surface area contributed by atoms with Gasteiger partial charge in [-0.25, -0.2) is 9.13 Å². The molecule has 0 aliphatic rings. The first kappa shape index (κ1) is 104. The number of hydrogen-bond acceptors (Lipinski definition) is 15. The van der Waals surface area contributed by atoms with Crippen molar-refractivity contribution < 1.29 is 80.2 Å². The SMILES string of the molecule is CCCCCCCCCCCCCCCCCCCCCC(=O)OC[C@H](COP(=O)(O)OC[C@@H](O)COP(=O)(O)OC[C@@H](COC(=O)CCCCCCCCCCCC(C)C)OC(=O)CCCCCCCCCCCCCCC)OC(=O)CCCCCCCCCCCCCCCCCCCCC(C)CC. The highest BCUT2D eigenvalue weighted by Gasteiger charge is 2.30. The van der Waals surface area contributed by atoms with Gasteiger partial charge in [0.15, 0.2) is 12.2 Å². The van der Waals surface area contributed by atoms with E-state index in [-0.39, 0.29) is 25.7 Å². The Bertz CT molecular complexity index is 2030. The fraction of sp³-hybridized carbons (Fsp3) is 0.954. The minimum Gasteiger partial charge on any atom is -0.462 e. The van der Waals surface area contributed by atoms with Gasteiger partial charge in [-0.1, -0.05) is 414 Å². The van der Waals surface area contributed by atoms with Crippen molar-refractivity contribution in [3.63, 3.8) is 0 Å². The third-order valence-electron chi connectivity index (χ3n) is 20.8. The minimum absolute atomic E-state index is 0.108. The predicted octanol–water partition coefficient (Wildman–Crippen LogP) is 26.6. The zero-order valence-electron chi connectivity index (χ0n) is 69.7. The van der Waals surface area contributed by atoms with Crippen LogP contribution in [0.5, 0.6) is 0 Å². The zero-order chi connectivity index (χ0) is 77.8. The van der Waals surface area contributed by atoms with Gasteiger partial charge in [0, 0.05) is 25.7 Å². The van der Waals surface area contributed by atoms with E-state index in [1.54, 1.807) is 0 Å². The van der Waals surface area contributed by atoms with Crippen molar-refractivity contribution in [2.45, 2.75) is 484 Å². The first-order chi connectivity index (χ1) is 51.4. The van der Waals surface area contributed by atoms with E-state index in [1.165, 1.54) is 283 Å². The fourth-order valence-corrected chi connectivity index (χ4v) is 15.1. The summed E-state index contributed by atoms with van der Waals surface area (Å²) in [5, 5.41) is 10.7. The molecule has 0 saturated carbocycles. The Hall–Kier alpha value is -1.94. The summed E-state index contributed by atoms with van der Waals surface area (Å²) in [5.74, 6) is -0.485. The van der Waals surface area contributed by atoms with E-state index in [9.17, 15) is 43.2 Å². The Morgan fingerprint density at radius 2 is 0.481 bits per heavy atom. The molecule has 17 nitrogen and oxygen atoms in total. The van der Waals surface area contributed by atoms with Crippen LogP contribution in [-0.2, 0) is 65.4 Å². The normalized spacial score (nSPS) is 14.1. The molecule has 0 amide bonds. The van der Waals surface area contributed by atoms with E-state index in [0.717, 1.165) is 102 Å². The molecular weight excluding hydrogens is 1380 g/mol. The number of rotatable bonds is 86. The van der Waals surface area contributed by atoms with E-state index in [4.69, 9.17) is 37.0 Å². The summed E-state index contributed by atoms with van der Waals surface area (Å²) in [4.78, 5) is 73.2. The Kier molecular flexibility index (Phi) is 76.9. The monoisotopic (exact) mass is 1550 g/mol. The van der Waals surface area contributed by atoms with E-state index in [1.807, 2.05) is 0 Å². The molecule has 0 spiro atoms. The van der Waals surface area contributed by atoms with Gasteiger partial charge in [0.25, 0.3) is 0 Å². The maximum absolute atomic E-state index is 13.2. The molecule has 19 heteroatoms. The van der Waals surface area contributed by atoms with E-state index in [2.05, 4.69) is 41.5 Å². The molecule has 0 aromatic rings. The van der Waals surface area contributed by atoms with Gasteiger partial charge in [-0.3, -0.25) is 37.3 Å². The lowest BCUT2D eigenvalue weighted by molar-refractivity contribution is -0.161. The molecule has 0 rings (SSSR count). The van der Waals surface area contributed by atoms with Crippen LogP contribution < -0.4 is 0 Å². The van der Waals surface area contributed by atoms with Crippen molar-refractivity contribution >= 4 is 39.5 Å². The standard InChI is InChI=1S/C87H170O17P2/c1-7-10-12-14-16-18-20-22-23-24-25-29-32-36-39-45-51-57-63-69-84(89)97-75-82(103-87(92)72-66-60-54-47-41-37-33-30-27-26-28-31-35-38-44-50-56-62-68-80(6)9-3)77-101-105(93,94)99-73-81(88)74-100-106(95,96)102-78-83(76-98-85(90)70-64-58-52-48-42-43-49-55-61-67-79(4)5)104-86(91)71-65-59-53-46-40-34-21-19-17-15-13-11-8-2/h79-83,88H,7-78H2,1-6H3,(H,93,94)(H,95,96)/t80?,81-,82-,83-/m1/s1. The van der Waals surface area contributed by atoms with Crippen molar-refractivity contribution in [1.82, 2.24) is 0 Å². The van der Waals surface area contributed by atoms with Crippen LogP contribution in [0, 0.1) is 11.8 Å². The van der Waals surface area contributed by atoms with Gasteiger partial charge in [-0.2, -0.15) is 0 Å². The summed E-state index contributed by atoms with van der Waals surface area (Å²) in [7, 11) is -9.93. The summed E-state index contributed by atoms with van der Waals surface area (Å²) in [6.45, 7) is 9.72. The van der Waals surface area contributed by atoms with Crippen molar-refractivity contribution in [1.29, 1.82) is 0 Å². The van der Waals surface area contributed by atoms with Crippen LogP contribution in [0.2, 0.25) is 0 Å². The number of aliphatic hydroxyl groups excluding tert-OH is 1. The highest BCUT2D eigenvalue weighted by molar-refractivity contribution is 7.47. The largest absolute Gasteiger partial charge is 0.472 e. The molecule has 0 saturated heterocycles. The maximum Gasteiger partial charge on any atom is 0.472 e. The minimum atomic E-state index is -4.97. The lowest BCUT2D eigenvalue weighted by Gasteiger charge is -2.21. The average molecular weight is 1550 g/mol. The van der Waals surface area contributed by atoms with Crippen LogP contribution in [0.3, 0.4) is 0 Å². The van der Waals surface area contributed by atoms with Gasteiger partial charge in [-0.15, -0.1) is 0 Å². The summed E-state index contributed by atoms with van der Waals surface area (Å²) >= 11 is 0. The third-order valence-corrected chi connectivity index (χ3v) is 22.7. The number of aliphatic hydroxyl groups is 1. The average Bonchev–Trinajstić information content (AvgIpc) is 0.901. The van der Waals surface area contributed by atoms with Crippen LogP contribution in [0.25, 0.3) is 0 Å². The second-order valence-corrected chi connectivity index (χ2v) is 34.9. The Morgan fingerprint density at radius 3 is 0.717 bits per heavy atom. The molecule has 3 N–H and O–H groups in total. The fourth-order valence-electron chi connectivity index (χ4n) is 13.6. The maximum atomic E-state index is 13.2. The topological polar surface area (TPSA) is 237 Å². The molecule has 0 aliphatic carbocycles. The Labute approximate surface area is 651 Å². The predicted molar refractivity (Wildman–Crippen MR) is 437 cm³/mol. The highest BCUT2D eigenvalue weighted by atomic mass is 31.2. The number of carbonyl (C=O) groups excluding carboxylic acids is 4. The summed E-state index contributed by atoms with van der Waals surface area (Å²) in [6.07, 6.45) is 70.8. The molecule has 6 atom stereocenters. The Morgan fingerprint density at radius 1 is 0.274 bits per heavy atom. The first-order valence-corrected chi connectivity index (χ1v) is 48.0. The van der Waals surface area contributed by atoms with Gasteiger partial charge in [0.05, 0.1) is 26.4 Å². The Balaban J connectivity index is 5.23. The van der Waals surface area contributed by atoms with Gasteiger partial charge >= 0.3 is 39.5 Å². The molecule has 106 heavy (non-hydrogen) atoms. The number of esters is 4.